The van der Waals surface area contributed by atoms with Crippen molar-refractivity contribution < 1.29 is 14.3 Å². The van der Waals surface area contributed by atoms with E-state index in [-0.39, 0.29) is 12.7 Å². The first-order valence-corrected chi connectivity index (χ1v) is 11.9. The number of H-pyrrole nitrogens is 1. The molecule has 34 heavy (non-hydrogen) atoms. The number of fused-ring (bicyclic) bond motifs is 2. The lowest BCUT2D eigenvalue weighted by atomic mass is 9.95. The van der Waals surface area contributed by atoms with Gasteiger partial charge in [0.1, 0.15) is 5.82 Å². The highest BCUT2D eigenvalue weighted by Crippen LogP contribution is 2.45. The molecule has 0 spiro atoms. The number of anilines is 1. The maximum absolute atomic E-state index is 13.2. The van der Waals surface area contributed by atoms with Crippen LogP contribution in [0.2, 0.25) is 0 Å². The minimum absolute atomic E-state index is 0.113. The van der Waals surface area contributed by atoms with Gasteiger partial charge in [-0.05, 0) is 42.0 Å². The average molecular weight is 457 g/mol. The van der Waals surface area contributed by atoms with Crippen LogP contribution in [0, 0.1) is 0 Å². The van der Waals surface area contributed by atoms with E-state index >= 15 is 0 Å². The minimum Gasteiger partial charge on any atom is -0.454 e. The van der Waals surface area contributed by atoms with Gasteiger partial charge in [0.05, 0.1) is 0 Å². The minimum atomic E-state index is 0.113. The summed E-state index contributed by atoms with van der Waals surface area (Å²) in [5, 5.41) is 3.50. The molecule has 1 aromatic heterocycles. The van der Waals surface area contributed by atoms with Crippen LogP contribution in [0.5, 0.6) is 11.5 Å². The molecule has 0 saturated carbocycles. The molecule has 3 aliphatic rings. The number of nitrogens with zero attached hydrogens (tertiary/aromatic N) is 2. The number of hydrogen-bond donors (Lipinski definition) is 2. The fraction of sp³-hybridized carbons (Fsp3) is 0.296. The smallest absolute Gasteiger partial charge is 0.253 e. The van der Waals surface area contributed by atoms with Crippen molar-refractivity contribution in [2.24, 2.45) is 0 Å². The average Bonchev–Trinajstić information content (AvgIpc) is 3.55. The summed E-state index contributed by atoms with van der Waals surface area (Å²) >= 11 is 0. The van der Waals surface area contributed by atoms with E-state index in [1.54, 1.807) is 0 Å². The molecule has 1 fully saturated rings. The first kappa shape index (κ1) is 20.9. The van der Waals surface area contributed by atoms with Crippen molar-refractivity contribution in [3.05, 3.63) is 65.4 Å². The van der Waals surface area contributed by atoms with Crippen LogP contribution in [0.4, 0.5) is 5.82 Å². The highest BCUT2D eigenvalue weighted by molar-refractivity contribution is 5.99. The van der Waals surface area contributed by atoms with E-state index in [4.69, 9.17) is 9.47 Å². The van der Waals surface area contributed by atoms with Gasteiger partial charge >= 0.3 is 0 Å². The van der Waals surface area contributed by atoms with Crippen LogP contribution in [0.3, 0.4) is 0 Å². The third-order valence-electron chi connectivity index (χ3n) is 6.97. The molecule has 3 aromatic rings. The number of ether oxygens (including phenoxy) is 2. The summed E-state index contributed by atoms with van der Waals surface area (Å²) in [7, 11) is 0. The van der Waals surface area contributed by atoms with Gasteiger partial charge in [0, 0.05) is 61.2 Å². The maximum Gasteiger partial charge on any atom is 0.253 e. The Balaban J connectivity index is 1.30. The number of likely N-dealkylation sites (N-methyl/N-ethyl adjacent to an activating group) is 1. The highest BCUT2D eigenvalue weighted by atomic mass is 16.7. The lowest BCUT2D eigenvalue weighted by Gasteiger charge is -2.34. The normalized spacial score (nSPS) is 17.2. The van der Waals surface area contributed by atoms with E-state index in [0.29, 0.717) is 6.54 Å². The van der Waals surface area contributed by atoms with Crippen molar-refractivity contribution in [2.75, 3.05) is 51.4 Å². The largest absolute Gasteiger partial charge is 0.454 e. The Bertz CT molecular complexity index is 1270. The summed E-state index contributed by atoms with van der Waals surface area (Å²) in [4.78, 5) is 20.9. The number of para-hydroxylation sites is 1. The fourth-order valence-corrected chi connectivity index (χ4v) is 4.99. The molecule has 1 amide bonds. The van der Waals surface area contributed by atoms with Crippen molar-refractivity contribution in [3.63, 3.8) is 0 Å². The Labute approximate surface area is 199 Å². The van der Waals surface area contributed by atoms with Crippen LogP contribution in [-0.4, -0.2) is 66.8 Å². The van der Waals surface area contributed by atoms with Gasteiger partial charge in [-0.2, -0.15) is 0 Å². The number of aromatic amines is 1. The maximum atomic E-state index is 13.2. The molecule has 2 N–H and O–H groups in total. The van der Waals surface area contributed by atoms with E-state index in [0.717, 1.165) is 83.4 Å². The molecule has 0 unspecified atom stereocenters. The van der Waals surface area contributed by atoms with Crippen LogP contribution in [0.15, 0.2) is 48.7 Å². The quantitative estimate of drug-likeness (QED) is 0.617. The molecule has 0 atom stereocenters. The number of carbonyl (C=O) groups is 1. The van der Waals surface area contributed by atoms with Gasteiger partial charge in [-0.1, -0.05) is 31.2 Å². The third kappa shape index (κ3) is 3.62. The second-order valence-corrected chi connectivity index (χ2v) is 8.86. The van der Waals surface area contributed by atoms with Crippen molar-refractivity contribution in [3.8, 4) is 22.6 Å². The predicted molar refractivity (Wildman–Crippen MR) is 133 cm³/mol. The van der Waals surface area contributed by atoms with Crippen molar-refractivity contribution in [1.82, 2.24) is 14.8 Å². The number of carbonyl (C=O) groups excluding carboxylic acids is 1. The molecule has 174 valence electrons. The van der Waals surface area contributed by atoms with Crippen molar-refractivity contribution in [1.29, 1.82) is 0 Å². The predicted octanol–water partition coefficient (Wildman–Crippen LogP) is 4.15. The van der Waals surface area contributed by atoms with Gasteiger partial charge in [-0.25, -0.2) is 0 Å². The monoisotopic (exact) mass is 456 g/mol. The van der Waals surface area contributed by atoms with E-state index in [1.165, 1.54) is 0 Å². The molecule has 7 heteroatoms. The van der Waals surface area contributed by atoms with E-state index in [2.05, 4.69) is 40.3 Å². The number of rotatable bonds is 4. The van der Waals surface area contributed by atoms with Crippen LogP contribution >= 0.6 is 0 Å². The van der Waals surface area contributed by atoms with Crippen molar-refractivity contribution in [2.45, 2.75) is 6.92 Å². The van der Waals surface area contributed by atoms with Gasteiger partial charge in [-0.15, -0.1) is 0 Å². The first-order chi connectivity index (χ1) is 16.7. The molecule has 2 aromatic carbocycles. The molecule has 6 rings (SSSR count). The summed E-state index contributed by atoms with van der Waals surface area (Å²) in [6.45, 7) is 7.57. The Hall–Kier alpha value is -3.71. The second kappa shape index (κ2) is 8.57. The van der Waals surface area contributed by atoms with E-state index in [1.807, 2.05) is 41.4 Å². The molecular formula is C27H28N4O3. The Morgan fingerprint density at radius 2 is 1.88 bits per heavy atom. The van der Waals surface area contributed by atoms with E-state index < -0.39 is 0 Å². The third-order valence-corrected chi connectivity index (χ3v) is 6.97. The molecule has 4 heterocycles. The second-order valence-electron chi connectivity index (χ2n) is 8.86. The van der Waals surface area contributed by atoms with Gasteiger partial charge in [-0.3, -0.25) is 4.79 Å². The Morgan fingerprint density at radius 1 is 1.03 bits per heavy atom. The molecule has 0 radical (unpaired) electrons. The molecule has 3 aliphatic heterocycles. The highest BCUT2D eigenvalue weighted by Gasteiger charge is 2.25. The molecule has 0 aliphatic carbocycles. The van der Waals surface area contributed by atoms with Crippen LogP contribution in [0.25, 0.3) is 22.8 Å². The number of aromatic nitrogens is 1. The van der Waals surface area contributed by atoms with E-state index in [9.17, 15) is 4.79 Å². The van der Waals surface area contributed by atoms with Crippen molar-refractivity contribution >= 4 is 23.4 Å². The van der Waals surface area contributed by atoms with Crippen LogP contribution < -0.4 is 14.8 Å². The summed E-state index contributed by atoms with van der Waals surface area (Å²) in [6, 6.07) is 14.0. The van der Waals surface area contributed by atoms with Gasteiger partial charge in [0.25, 0.3) is 5.91 Å². The number of nitrogens with one attached hydrogen (secondary N) is 2. The molecule has 1 saturated heterocycles. The van der Waals surface area contributed by atoms with Gasteiger partial charge in [0.2, 0.25) is 6.79 Å². The number of amides is 1. The standard InChI is InChI=1S/C27H28N4O3/c1-2-30-9-11-31(12-10-30)27(32)19-6-3-5-18(13-19)20-14-22-23(16-29-26(22)28-15-20)21-7-4-8-24-25(21)34-17-33-24/h3-8,13-14,16,28-29H,2,9-12,15,17H2,1H3. The van der Waals surface area contributed by atoms with Gasteiger partial charge in [0.15, 0.2) is 11.5 Å². The number of benzene rings is 2. The molecule has 7 nitrogen and oxygen atoms in total. The Morgan fingerprint density at radius 3 is 2.74 bits per heavy atom. The molecule has 0 bridgehead atoms. The Kier molecular flexibility index (Phi) is 5.26. The fourth-order valence-electron chi connectivity index (χ4n) is 4.99. The summed E-state index contributed by atoms with van der Waals surface area (Å²) in [5.41, 5.74) is 6.09. The summed E-state index contributed by atoms with van der Waals surface area (Å²) < 4.78 is 11.3. The SMILES string of the molecule is CCN1CCN(C(=O)c2cccc(C3=Cc4c(-c5cccc6c5OCO6)c[nH]c4NC3)c2)CC1. The van der Waals surface area contributed by atoms with Gasteiger partial charge < -0.3 is 29.6 Å². The number of hydrogen-bond acceptors (Lipinski definition) is 5. The summed E-state index contributed by atoms with van der Waals surface area (Å²) in [5.74, 6) is 2.64. The topological polar surface area (TPSA) is 69.8 Å². The van der Waals surface area contributed by atoms with Crippen LogP contribution in [-0.2, 0) is 0 Å². The lowest BCUT2D eigenvalue weighted by molar-refractivity contribution is 0.0643. The zero-order valence-electron chi connectivity index (χ0n) is 19.3. The van der Waals surface area contributed by atoms with Crippen LogP contribution in [0.1, 0.15) is 28.4 Å². The lowest BCUT2D eigenvalue weighted by Crippen LogP contribution is -2.48. The molecular weight excluding hydrogens is 428 g/mol. The first-order valence-electron chi connectivity index (χ1n) is 11.9. The number of piperazine rings is 1. The zero-order valence-corrected chi connectivity index (χ0v) is 19.3. The zero-order chi connectivity index (χ0) is 23.1. The summed E-state index contributed by atoms with van der Waals surface area (Å²) in [6.07, 6.45) is 4.21.